The van der Waals surface area contributed by atoms with E-state index in [2.05, 4.69) is 15.0 Å². The van der Waals surface area contributed by atoms with Crippen LogP contribution in [-0.2, 0) is 11.3 Å². The quantitative estimate of drug-likeness (QED) is 0.518. The normalized spacial score (nSPS) is 10.2. The number of nitro groups is 1. The van der Waals surface area contributed by atoms with Gasteiger partial charge in [0.2, 0.25) is 0 Å². The Labute approximate surface area is 122 Å². The minimum absolute atomic E-state index is 0.0230. The van der Waals surface area contributed by atoms with Crippen LogP contribution in [0.1, 0.15) is 16.1 Å². The average Bonchev–Trinajstić information content (AvgIpc) is 2.98. The monoisotopic (exact) mass is 311 g/mol. The van der Waals surface area contributed by atoms with Crippen LogP contribution in [0.5, 0.6) is 0 Å². The van der Waals surface area contributed by atoms with E-state index in [-0.39, 0.29) is 17.8 Å². The number of halogens is 1. The molecule has 2 rings (SSSR count). The number of rotatable bonds is 5. The zero-order valence-corrected chi connectivity index (χ0v) is 11.6. The van der Waals surface area contributed by atoms with Crippen molar-refractivity contribution in [2.75, 3.05) is 12.4 Å². The number of nitro benzene ring substituents is 1. The summed E-state index contributed by atoms with van der Waals surface area (Å²) in [5.41, 5.74) is 1.49. The number of benzene rings is 1. The van der Waals surface area contributed by atoms with Gasteiger partial charge in [0.25, 0.3) is 5.69 Å². The van der Waals surface area contributed by atoms with Crippen LogP contribution in [0.25, 0.3) is 0 Å². The third kappa shape index (κ3) is 3.31. The number of esters is 1. The van der Waals surface area contributed by atoms with E-state index in [1.807, 2.05) is 0 Å². The molecule has 0 saturated heterocycles. The molecule has 0 saturated carbocycles. The summed E-state index contributed by atoms with van der Waals surface area (Å²) >= 11 is 1.38. The summed E-state index contributed by atoms with van der Waals surface area (Å²) in [6.07, 6.45) is 0. The average molecular weight is 311 g/mol. The van der Waals surface area contributed by atoms with Crippen molar-refractivity contribution in [3.05, 3.63) is 50.2 Å². The lowest BCUT2D eigenvalue weighted by atomic mass is 10.1. The first-order valence-electron chi connectivity index (χ1n) is 5.70. The van der Waals surface area contributed by atoms with Gasteiger partial charge in [-0.1, -0.05) is 0 Å². The lowest BCUT2D eigenvalue weighted by Crippen LogP contribution is -2.09. The van der Waals surface area contributed by atoms with Gasteiger partial charge < -0.3 is 10.1 Å². The summed E-state index contributed by atoms with van der Waals surface area (Å²) < 4.78 is 18.1. The van der Waals surface area contributed by atoms with Crippen LogP contribution in [0.4, 0.5) is 15.8 Å². The highest BCUT2D eigenvalue weighted by atomic mass is 32.1. The van der Waals surface area contributed by atoms with Gasteiger partial charge in [-0.3, -0.25) is 10.1 Å². The Morgan fingerprint density at radius 2 is 2.33 bits per heavy atom. The maximum atomic E-state index is 13.7. The number of hydrogen-bond donors (Lipinski definition) is 1. The van der Waals surface area contributed by atoms with Crippen LogP contribution in [-0.4, -0.2) is 23.0 Å². The third-order valence-electron chi connectivity index (χ3n) is 2.63. The Morgan fingerprint density at radius 3 is 2.90 bits per heavy atom. The second-order valence-corrected chi connectivity index (χ2v) is 4.65. The molecule has 0 aliphatic rings. The van der Waals surface area contributed by atoms with E-state index < -0.39 is 22.4 Å². The minimum atomic E-state index is -1.01. The van der Waals surface area contributed by atoms with Gasteiger partial charge in [0.1, 0.15) is 11.5 Å². The Hall–Kier alpha value is -2.55. The number of nitrogens with one attached hydrogen (secondary N) is 1. The first kappa shape index (κ1) is 14.9. The van der Waals surface area contributed by atoms with E-state index in [1.165, 1.54) is 11.3 Å². The second-order valence-electron chi connectivity index (χ2n) is 3.93. The molecule has 0 amide bonds. The molecule has 1 N–H and O–H groups in total. The van der Waals surface area contributed by atoms with Crippen molar-refractivity contribution in [2.45, 2.75) is 6.54 Å². The zero-order valence-electron chi connectivity index (χ0n) is 10.8. The minimum Gasteiger partial charge on any atom is -0.465 e. The summed E-state index contributed by atoms with van der Waals surface area (Å²) in [6.45, 7) is 0.219. The van der Waals surface area contributed by atoms with Crippen LogP contribution in [0.3, 0.4) is 0 Å². The number of hydrogen-bond acceptors (Lipinski definition) is 7. The summed E-state index contributed by atoms with van der Waals surface area (Å²) in [5, 5.41) is 15.5. The number of carbonyl (C=O) groups is 1. The molecular formula is C12H10FN3O4S. The molecule has 1 aromatic carbocycles. The highest BCUT2D eigenvalue weighted by Gasteiger charge is 2.22. The number of ether oxygens (including phenoxy) is 1. The zero-order chi connectivity index (χ0) is 15.4. The van der Waals surface area contributed by atoms with Crippen LogP contribution < -0.4 is 5.32 Å². The molecular weight excluding hydrogens is 301 g/mol. The van der Waals surface area contributed by atoms with Crippen LogP contribution >= 0.6 is 11.3 Å². The fourth-order valence-electron chi connectivity index (χ4n) is 1.63. The fourth-order valence-corrected chi connectivity index (χ4v) is 2.19. The molecule has 9 heteroatoms. The molecule has 1 aromatic heterocycles. The molecule has 0 radical (unpaired) electrons. The SMILES string of the molecule is COC(=O)c1cc(NCc2cscn2)c([N+](=O)[O-])cc1F. The van der Waals surface area contributed by atoms with E-state index in [0.717, 1.165) is 13.2 Å². The van der Waals surface area contributed by atoms with Gasteiger partial charge in [0, 0.05) is 5.38 Å². The maximum Gasteiger partial charge on any atom is 0.340 e. The topological polar surface area (TPSA) is 94.4 Å². The molecule has 1 heterocycles. The number of thiazole rings is 1. The standard InChI is InChI=1S/C12H10FN3O4S/c1-20-12(17)8-2-10(11(16(18)19)3-9(8)13)14-4-7-5-21-6-15-7/h2-3,5-6,14H,4H2,1H3. The molecule has 0 bridgehead atoms. The van der Waals surface area contributed by atoms with Gasteiger partial charge >= 0.3 is 5.97 Å². The van der Waals surface area contributed by atoms with Crippen LogP contribution in [0.2, 0.25) is 0 Å². The van der Waals surface area contributed by atoms with Gasteiger partial charge in [-0.05, 0) is 6.07 Å². The highest BCUT2D eigenvalue weighted by Crippen LogP contribution is 2.28. The first-order valence-corrected chi connectivity index (χ1v) is 6.64. The van der Waals surface area contributed by atoms with Gasteiger partial charge in [-0.15, -0.1) is 11.3 Å². The van der Waals surface area contributed by atoms with Crippen molar-refractivity contribution in [3.8, 4) is 0 Å². The van der Waals surface area contributed by atoms with Crippen molar-refractivity contribution < 1.29 is 18.8 Å². The lowest BCUT2D eigenvalue weighted by Gasteiger charge is -2.08. The lowest BCUT2D eigenvalue weighted by molar-refractivity contribution is -0.384. The first-order chi connectivity index (χ1) is 10.0. The Balaban J connectivity index is 2.35. The van der Waals surface area contributed by atoms with Crippen molar-refractivity contribution in [2.24, 2.45) is 0 Å². The molecule has 0 aliphatic heterocycles. The maximum absolute atomic E-state index is 13.7. The largest absolute Gasteiger partial charge is 0.465 e. The van der Waals surface area contributed by atoms with Crippen molar-refractivity contribution >= 4 is 28.7 Å². The number of anilines is 1. The third-order valence-corrected chi connectivity index (χ3v) is 3.27. The van der Waals surface area contributed by atoms with E-state index in [1.54, 1.807) is 10.9 Å². The van der Waals surface area contributed by atoms with Crippen LogP contribution in [0, 0.1) is 15.9 Å². The second kappa shape index (κ2) is 6.27. The summed E-state index contributed by atoms with van der Waals surface area (Å²) in [5.74, 6) is -1.91. The summed E-state index contributed by atoms with van der Waals surface area (Å²) in [4.78, 5) is 25.7. The summed E-state index contributed by atoms with van der Waals surface area (Å²) in [6, 6.07) is 1.75. The number of methoxy groups -OCH3 is 1. The van der Waals surface area contributed by atoms with Crippen molar-refractivity contribution in [1.29, 1.82) is 0 Å². The van der Waals surface area contributed by atoms with Gasteiger partial charge in [0.15, 0.2) is 0 Å². The van der Waals surface area contributed by atoms with E-state index in [4.69, 9.17) is 0 Å². The molecule has 2 aromatic rings. The molecule has 0 fully saturated rings. The fraction of sp³-hybridized carbons (Fsp3) is 0.167. The van der Waals surface area contributed by atoms with E-state index in [0.29, 0.717) is 11.8 Å². The molecule has 0 aliphatic carbocycles. The molecule has 7 nitrogen and oxygen atoms in total. The van der Waals surface area contributed by atoms with Crippen LogP contribution in [0.15, 0.2) is 23.0 Å². The highest BCUT2D eigenvalue weighted by molar-refractivity contribution is 7.07. The predicted octanol–water partition coefficient (Wildman–Crippen LogP) is 2.59. The van der Waals surface area contributed by atoms with Gasteiger partial charge in [-0.25, -0.2) is 14.2 Å². The Kier molecular flexibility index (Phi) is 4.43. The van der Waals surface area contributed by atoms with Crippen molar-refractivity contribution in [1.82, 2.24) is 4.98 Å². The van der Waals surface area contributed by atoms with E-state index in [9.17, 15) is 19.3 Å². The molecule has 110 valence electrons. The summed E-state index contributed by atoms with van der Waals surface area (Å²) in [7, 11) is 1.10. The Morgan fingerprint density at radius 1 is 1.57 bits per heavy atom. The predicted molar refractivity (Wildman–Crippen MR) is 73.8 cm³/mol. The number of nitrogens with zero attached hydrogens (tertiary/aromatic N) is 2. The molecule has 0 spiro atoms. The molecule has 0 atom stereocenters. The Bertz CT molecular complexity index is 675. The van der Waals surface area contributed by atoms with Gasteiger partial charge in [0.05, 0.1) is 41.4 Å². The molecule has 0 unspecified atom stereocenters. The molecule has 21 heavy (non-hydrogen) atoms. The number of carbonyl (C=O) groups excluding carboxylic acids is 1. The smallest absolute Gasteiger partial charge is 0.340 e. The van der Waals surface area contributed by atoms with E-state index >= 15 is 0 Å². The number of aromatic nitrogens is 1. The van der Waals surface area contributed by atoms with Crippen molar-refractivity contribution in [3.63, 3.8) is 0 Å². The van der Waals surface area contributed by atoms with Gasteiger partial charge in [-0.2, -0.15) is 0 Å².